The minimum atomic E-state index is -0.704. The van der Waals surface area contributed by atoms with Crippen molar-refractivity contribution in [2.75, 3.05) is 0 Å². The third-order valence-corrected chi connectivity index (χ3v) is 2.67. The molecule has 7 nitrogen and oxygen atoms in total. The molecule has 0 atom stereocenters. The lowest BCUT2D eigenvalue weighted by Gasteiger charge is -2.16. The van der Waals surface area contributed by atoms with Crippen molar-refractivity contribution in [3.63, 3.8) is 0 Å². The minimum absolute atomic E-state index is 0.0498. The molecule has 0 aromatic heterocycles. The van der Waals surface area contributed by atoms with Crippen molar-refractivity contribution >= 4 is 17.7 Å². The molecule has 20 heavy (non-hydrogen) atoms. The average Bonchev–Trinajstić information content (AvgIpc) is 2.45. The van der Waals surface area contributed by atoms with Gasteiger partial charge in [0.25, 0.3) is 0 Å². The van der Waals surface area contributed by atoms with Crippen molar-refractivity contribution in [3.8, 4) is 0 Å². The van der Waals surface area contributed by atoms with E-state index in [1.165, 1.54) is 6.26 Å². The standard InChI is InChI=1S/C13H13N3O4/c14-12(17)9-4-1-3-8(10(9)7-16-13(15)18)11-5-2-6-19-20-11/h1-6H,7H2,(H2,14,17)(H3,15,16,18). The Bertz CT molecular complexity index is 608. The van der Waals surface area contributed by atoms with E-state index in [9.17, 15) is 9.59 Å². The maximum absolute atomic E-state index is 11.5. The zero-order chi connectivity index (χ0) is 14.5. The summed E-state index contributed by atoms with van der Waals surface area (Å²) in [6, 6.07) is 4.24. The van der Waals surface area contributed by atoms with E-state index in [-0.39, 0.29) is 12.1 Å². The van der Waals surface area contributed by atoms with Crippen LogP contribution >= 0.6 is 0 Å². The Morgan fingerprint density at radius 1 is 1.25 bits per heavy atom. The fourth-order valence-corrected chi connectivity index (χ4v) is 1.82. The lowest BCUT2D eigenvalue weighted by Crippen LogP contribution is -2.30. The van der Waals surface area contributed by atoms with Crippen molar-refractivity contribution in [1.29, 1.82) is 0 Å². The molecule has 1 aromatic carbocycles. The van der Waals surface area contributed by atoms with Crippen LogP contribution in [-0.4, -0.2) is 11.9 Å². The predicted molar refractivity (Wildman–Crippen MR) is 70.7 cm³/mol. The molecule has 0 spiro atoms. The number of nitrogens with one attached hydrogen (secondary N) is 1. The molecule has 1 aliphatic rings. The second kappa shape index (κ2) is 5.79. The summed E-state index contributed by atoms with van der Waals surface area (Å²) in [5.74, 6) is -0.210. The van der Waals surface area contributed by atoms with Gasteiger partial charge in [-0.05, 0) is 23.8 Å². The number of carbonyl (C=O) groups is 2. The Morgan fingerprint density at radius 2 is 2.05 bits per heavy atom. The number of urea groups is 1. The van der Waals surface area contributed by atoms with Crippen molar-refractivity contribution < 1.29 is 19.4 Å². The highest BCUT2D eigenvalue weighted by Crippen LogP contribution is 2.25. The number of hydrogen-bond donors (Lipinski definition) is 3. The molecule has 104 valence electrons. The van der Waals surface area contributed by atoms with Gasteiger partial charge in [0.2, 0.25) is 5.91 Å². The van der Waals surface area contributed by atoms with Crippen LogP contribution in [0.5, 0.6) is 0 Å². The molecule has 1 aliphatic heterocycles. The summed E-state index contributed by atoms with van der Waals surface area (Å²) in [6.45, 7) is 0.0498. The molecular weight excluding hydrogens is 262 g/mol. The van der Waals surface area contributed by atoms with Gasteiger partial charge in [0.05, 0.1) is 0 Å². The highest BCUT2D eigenvalue weighted by Gasteiger charge is 2.18. The number of rotatable bonds is 4. The SMILES string of the molecule is NC(=O)NCc1c(C(N)=O)cccc1C1=CC=COO1. The summed E-state index contributed by atoms with van der Waals surface area (Å²) in [5.41, 5.74) is 11.7. The topological polar surface area (TPSA) is 117 Å². The van der Waals surface area contributed by atoms with Gasteiger partial charge in [0, 0.05) is 17.7 Å². The molecule has 7 heteroatoms. The lowest BCUT2D eigenvalue weighted by atomic mass is 9.98. The van der Waals surface area contributed by atoms with E-state index < -0.39 is 11.9 Å². The number of amides is 3. The fourth-order valence-electron chi connectivity index (χ4n) is 1.82. The van der Waals surface area contributed by atoms with Crippen LogP contribution in [0.3, 0.4) is 0 Å². The van der Waals surface area contributed by atoms with Crippen LogP contribution in [0.15, 0.2) is 36.6 Å². The highest BCUT2D eigenvalue weighted by atomic mass is 17.2. The molecule has 1 heterocycles. The van der Waals surface area contributed by atoms with Gasteiger partial charge in [-0.15, -0.1) is 0 Å². The molecule has 2 rings (SSSR count). The predicted octanol–water partition coefficient (Wildman–Crippen LogP) is 0.770. The summed E-state index contributed by atoms with van der Waals surface area (Å²) in [5, 5.41) is 2.43. The summed E-state index contributed by atoms with van der Waals surface area (Å²) < 4.78 is 0. The van der Waals surface area contributed by atoms with Gasteiger partial charge in [-0.3, -0.25) is 14.6 Å². The van der Waals surface area contributed by atoms with Gasteiger partial charge >= 0.3 is 6.03 Å². The number of allylic oxidation sites excluding steroid dienone is 2. The molecule has 0 aliphatic carbocycles. The molecule has 0 saturated carbocycles. The van der Waals surface area contributed by atoms with E-state index in [2.05, 4.69) is 5.32 Å². The summed E-state index contributed by atoms with van der Waals surface area (Å²) >= 11 is 0. The Kier molecular flexibility index (Phi) is 3.90. The Balaban J connectivity index is 2.46. The van der Waals surface area contributed by atoms with Gasteiger partial charge in [-0.2, -0.15) is 0 Å². The van der Waals surface area contributed by atoms with Gasteiger partial charge in [-0.1, -0.05) is 12.1 Å². The van der Waals surface area contributed by atoms with Crippen LogP contribution in [-0.2, 0) is 16.3 Å². The Hall–Kier alpha value is -2.96. The van der Waals surface area contributed by atoms with E-state index in [1.807, 2.05) is 0 Å². The van der Waals surface area contributed by atoms with Crippen LogP contribution < -0.4 is 16.8 Å². The first-order valence-corrected chi connectivity index (χ1v) is 5.75. The monoisotopic (exact) mass is 275 g/mol. The van der Waals surface area contributed by atoms with Crippen LogP contribution in [0.1, 0.15) is 21.5 Å². The van der Waals surface area contributed by atoms with Crippen LogP contribution in [0.4, 0.5) is 4.79 Å². The largest absolute Gasteiger partial charge is 0.366 e. The van der Waals surface area contributed by atoms with E-state index in [0.717, 1.165) is 0 Å². The van der Waals surface area contributed by atoms with Crippen LogP contribution in [0, 0.1) is 0 Å². The van der Waals surface area contributed by atoms with E-state index >= 15 is 0 Å². The fraction of sp³-hybridized carbons (Fsp3) is 0.0769. The van der Waals surface area contributed by atoms with Crippen LogP contribution in [0.2, 0.25) is 0 Å². The van der Waals surface area contributed by atoms with Gasteiger partial charge in [0.1, 0.15) is 6.26 Å². The van der Waals surface area contributed by atoms with E-state index in [0.29, 0.717) is 16.9 Å². The zero-order valence-electron chi connectivity index (χ0n) is 10.5. The second-order valence-corrected chi connectivity index (χ2v) is 3.95. The molecular formula is C13H13N3O4. The lowest BCUT2D eigenvalue weighted by molar-refractivity contribution is -0.182. The number of carbonyl (C=O) groups excluding carboxylic acids is 2. The third kappa shape index (κ3) is 2.89. The molecule has 0 unspecified atom stereocenters. The Morgan fingerprint density at radius 3 is 2.65 bits per heavy atom. The van der Waals surface area contributed by atoms with Crippen molar-refractivity contribution in [1.82, 2.24) is 5.32 Å². The molecule has 0 bridgehead atoms. The summed E-state index contributed by atoms with van der Waals surface area (Å²) in [7, 11) is 0. The molecule has 3 amide bonds. The first-order valence-electron chi connectivity index (χ1n) is 5.75. The molecule has 0 fully saturated rings. The number of hydrogen-bond acceptors (Lipinski definition) is 4. The first kappa shape index (κ1) is 13.5. The average molecular weight is 275 g/mol. The van der Waals surface area contributed by atoms with Gasteiger partial charge in [0.15, 0.2) is 5.76 Å². The van der Waals surface area contributed by atoms with Gasteiger partial charge < -0.3 is 16.8 Å². The first-order chi connectivity index (χ1) is 9.59. The number of nitrogens with two attached hydrogens (primary N) is 2. The number of benzene rings is 1. The molecule has 0 saturated heterocycles. The van der Waals surface area contributed by atoms with Crippen LogP contribution in [0.25, 0.3) is 5.76 Å². The normalized spacial score (nSPS) is 12.9. The third-order valence-electron chi connectivity index (χ3n) is 2.67. The molecule has 5 N–H and O–H groups in total. The maximum atomic E-state index is 11.5. The van der Waals surface area contributed by atoms with Crippen molar-refractivity contribution in [2.45, 2.75) is 6.54 Å². The summed E-state index contributed by atoms with van der Waals surface area (Å²) in [6.07, 6.45) is 4.67. The zero-order valence-corrected chi connectivity index (χ0v) is 10.5. The maximum Gasteiger partial charge on any atom is 0.312 e. The van der Waals surface area contributed by atoms with Crippen molar-refractivity contribution in [3.05, 3.63) is 53.3 Å². The number of primary amides is 2. The smallest absolute Gasteiger partial charge is 0.312 e. The minimum Gasteiger partial charge on any atom is -0.366 e. The van der Waals surface area contributed by atoms with Crippen molar-refractivity contribution in [2.24, 2.45) is 11.5 Å². The highest BCUT2D eigenvalue weighted by molar-refractivity contribution is 5.95. The summed E-state index contributed by atoms with van der Waals surface area (Å²) in [4.78, 5) is 32.1. The Labute approximate surface area is 114 Å². The quantitative estimate of drug-likeness (QED) is 0.703. The van der Waals surface area contributed by atoms with E-state index in [1.54, 1.807) is 30.4 Å². The second-order valence-electron chi connectivity index (χ2n) is 3.95. The van der Waals surface area contributed by atoms with Gasteiger partial charge in [-0.25, -0.2) is 4.79 Å². The molecule has 1 aromatic rings. The molecule has 0 radical (unpaired) electrons. The van der Waals surface area contributed by atoms with E-state index in [4.69, 9.17) is 21.2 Å².